The zero-order valence-corrected chi connectivity index (χ0v) is 18.5. The highest BCUT2D eigenvalue weighted by atomic mass is 16.6. The Morgan fingerprint density at radius 1 is 0.967 bits per heavy atom. The topological polar surface area (TPSA) is 84.9 Å². The van der Waals surface area contributed by atoms with Gasteiger partial charge in [-0.05, 0) is 55.5 Å². The first kappa shape index (κ1) is 23.3. The second-order valence-electron chi connectivity index (χ2n) is 9.23. The number of hydrogen-bond donors (Lipinski definition) is 2. The highest BCUT2D eigenvalue weighted by molar-refractivity contribution is 5.80. The molecule has 0 radical (unpaired) electrons. The summed E-state index contributed by atoms with van der Waals surface area (Å²) in [7, 11) is 0. The lowest BCUT2D eigenvalue weighted by Crippen LogP contribution is -2.44. The summed E-state index contributed by atoms with van der Waals surface area (Å²) in [5, 5.41) is 12.0. The van der Waals surface area contributed by atoms with Gasteiger partial charge in [0.1, 0.15) is 23.1 Å². The molecule has 0 heterocycles. The molecule has 162 valence electrons. The standard InChI is InChI=1S/C24H31NO5/c1-23(2,3)17-11-13-18(14-12-17)29-20-10-8-7-9-16(20)15-19(21(26)27)25-22(28)30-24(4,5)6/h7-14,19H,15H2,1-6H3,(H,25,28)(H,26,27). The van der Waals surface area contributed by atoms with Crippen LogP contribution in [0.15, 0.2) is 48.5 Å². The van der Waals surface area contributed by atoms with Crippen LogP contribution in [0, 0.1) is 0 Å². The molecule has 2 aromatic carbocycles. The van der Waals surface area contributed by atoms with Crippen molar-refractivity contribution < 1.29 is 24.2 Å². The Bertz CT molecular complexity index is 876. The Morgan fingerprint density at radius 3 is 2.10 bits per heavy atom. The Kier molecular flexibility index (Phi) is 7.13. The number of benzene rings is 2. The fourth-order valence-corrected chi connectivity index (χ4v) is 2.79. The molecule has 0 spiro atoms. The van der Waals surface area contributed by atoms with Crippen LogP contribution in [0.2, 0.25) is 0 Å². The Labute approximate surface area is 178 Å². The van der Waals surface area contributed by atoms with Crippen LogP contribution in [0.3, 0.4) is 0 Å². The summed E-state index contributed by atoms with van der Waals surface area (Å²) in [5.74, 6) is 0.0471. The maximum absolute atomic E-state index is 12.0. The van der Waals surface area contributed by atoms with Gasteiger partial charge in [-0.25, -0.2) is 9.59 Å². The van der Waals surface area contributed by atoms with E-state index in [1.165, 1.54) is 5.56 Å². The van der Waals surface area contributed by atoms with Crippen molar-refractivity contribution >= 4 is 12.1 Å². The van der Waals surface area contributed by atoms with Crippen molar-refractivity contribution in [1.29, 1.82) is 0 Å². The molecular formula is C24H31NO5. The number of para-hydroxylation sites is 1. The summed E-state index contributed by atoms with van der Waals surface area (Å²) in [6, 6.07) is 13.9. The Hall–Kier alpha value is -3.02. The second kappa shape index (κ2) is 9.20. The van der Waals surface area contributed by atoms with Gasteiger partial charge in [0, 0.05) is 6.42 Å². The number of carbonyl (C=O) groups excluding carboxylic acids is 1. The first-order valence-electron chi connectivity index (χ1n) is 9.94. The van der Waals surface area contributed by atoms with Crippen LogP contribution in [-0.2, 0) is 21.4 Å². The quantitative estimate of drug-likeness (QED) is 0.671. The summed E-state index contributed by atoms with van der Waals surface area (Å²) in [6.07, 6.45) is -0.712. The summed E-state index contributed by atoms with van der Waals surface area (Å²) >= 11 is 0. The average molecular weight is 414 g/mol. The smallest absolute Gasteiger partial charge is 0.408 e. The lowest BCUT2D eigenvalue weighted by atomic mass is 9.87. The van der Waals surface area contributed by atoms with Crippen LogP contribution in [0.5, 0.6) is 11.5 Å². The molecule has 2 aromatic rings. The SMILES string of the molecule is CC(C)(C)OC(=O)NC(Cc1ccccc1Oc1ccc(C(C)(C)C)cc1)C(=O)O. The van der Waals surface area contributed by atoms with Crippen LogP contribution in [-0.4, -0.2) is 28.8 Å². The Balaban J connectivity index is 2.16. The number of alkyl carbamates (subject to hydrolysis) is 1. The molecule has 0 aliphatic heterocycles. The van der Waals surface area contributed by atoms with Gasteiger partial charge in [0.2, 0.25) is 0 Å². The molecule has 0 saturated carbocycles. The van der Waals surface area contributed by atoms with Gasteiger partial charge in [0.25, 0.3) is 0 Å². The van der Waals surface area contributed by atoms with Crippen molar-refractivity contribution in [1.82, 2.24) is 5.32 Å². The number of ether oxygens (including phenoxy) is 2. The monoisotopic (exact) mass is 413 g/mol. The van der Waals surface area contributed by atoms with Crippen LogP contribution in [0.25, 0.3) is 0 Å². The van der Waals surface area contributed by atoms with Crippen molar-refractivity contribution in [2.75, 3.05) is 0 Å². The van der Waals surface area contributed by atoms with Crippen molar-refractivity contribution in [2.24, 2.45) is 0 Å². The van der Waals surface area contributed by atoms with E-state index in [0.29, 0.717) is 17.1 Å². The molecule has 0 saturated heterocycles. The van der Waals surface area contributed by atoms with E-state index in [4.69, 9.17) is 9.47 Å². The third-order valence-corrected chi connectivity index (χ3v) is 4.33. The average Bonchev–Trinajstić information content (AvgIpc) is 2.60. The molecule has 0 bridgehead atoms. The highest BCUT2D eigenvalue weighted by Crippen LogP contribution is 2.29. The fraction of sp³-hybridized carbons (Fsp3) is 0.417. The maximum atomic E-state index is 12.0. The number of rotatable bonds is 6. The minimum atomic E-state index is -1.15. The second-order valence-corrected chi connectivity index (χ2v) is 9.23. The summed E-state index contributed by atoms with van der Waals surface area (Å²) in [4.78, 5) is 23.7. The van der Waals surface area contributed by atoms with E-state index < -0.39 is 23.7 Å². The fourth-order valence-electron chi connectivity index (χ4n) is 2.79. The molecule has 2 N–H and O–H groups in total. The predicted molar refractivity (Wildman–Crippen MR) is 116 cm³/mol. The predicted octanol–water partition coefficient (Wildman–Crippen LogP) is 5.30. The Morgan fingerprint density at radius 2 is 1.57 bits per heavy atom. The van der Waals surface area contributed by atoms with Crippen LogP contribution in [0.4, 0.5) is 4.79 Å². The number of carboxylic acids is 1. The zero-order valence-electron chi connectivity index (χ0n) is 18.5. The molecule has 30 heavy (non-hydrogen) atoms. The van der Waals surface area contributed by atoms with Crippen molar-refractivity contribution in [2.45, 2.75) is 65.0 Å². The number of carboxylic acid groups (broad SMARTS) is 1. The highest BCUT2D eigenvalue weighted by Gasteiger charge is 2.25. The summed E-state index contributed by atoms with van der Waals surface area (Å²) in [5.41, 5.74) is 1.18. The third kappa shape index (κ3) is 7.10. The van der Waals surface area contributed by atoms with Gasteiger partial charge in [0.15, 0.2) is 0 Å². The van der Waals surface area contributed by atoms with E-state index in [2.05, 4.69) is 26.1 Å². The molecular weight excluding hydrogens is 382 g/mol. The maximum Gasteiger partial charge on any atom is 0.408 e. The van der Waals surface area contributed by atoms with Gasteiger partial charge in [-0.1, -0.05) is 51.1 Å². The molecule has 0 fully saturated rings. The number of carbonyl (C=O) groups is 2. The summed E-state index contributed by atoms with van der Waals surface area (Å²) in [6.45, 7) is 11.6. The molecule has 6 heteroatoms. The van der Waals surface area contributed by atoms with Crippen LogP contribution in [0.1, 0.15) is 52.7 Å². The van der Waals surface area contributed by atoms with Gasteiger partial charge in [-0.15, -0.1) is 0 Å². The van der Waals surface area contributed by atoms with Crippen LogP contribution >= 0.6 is 0 Å². The van der Waals surface area contributed by atoms with Gasteiger partial charge in [-0.3, -0.25) is 0 Å². The van der Waals surface area contributed by atoms with Gasteiger partial charge >= 0.3 is 12.1 Å². The molecule has 0 aliphatic rings. The van der Waals surface area contributed by atoms with Crippen molar-refractivity contribution in [3.8, 4) is 11.5 Å². The van der Waals surface area contributed by atoms with E-state index in [-0.39, 0.29) is 11.8 Å². The number of amides is 1. The molecule has 1 atom stereocenters. The zero-order chi connectivity index (χ0) is 22.5. The molecule has 1 unspecified atom stereocenters. The number of aliphatic carboxylic acids is 1. The molecule has 2 rings (SSSR count). The third-order valence-electron chi connectivity index (χ3n) is 4.33. The largest absolute Gasteiger partial charge is 0.480 e. The van der Waals surface area contributed by atoms with Gasteiger partial charge < -0.3 is 19.9 Å². The van der Waals surface area contributed by atoms with Gasteiger partial charge in [0.05, 0.1) is 0 Å². The minimum absolute atomic E-state index is 0.0402. The first-order chi connectivity index (χ1) is 13.8. The lowest BCUT2D eigenvalue weighted by Gasteiger charge is -2.22. The minimum Gasteiger partial charge on any atom is -0.480 e. The van der Waals surface area contributed by atoms with E-state index >= 15 is 0 Å². The molecule has 6 nitrogen and oxygen atoms in total. The van der Waals surface area contributed by atoms with Crippen LogP contribution < -0.4 is 10.1 Å². The van der Waals surface area contributed by atoms with Crippen molar-refractivity contribution in [3.05, 3.63) is 59.7 Å². The molecule has 1 amide bonds. The van der Waals surface area contributed by atoms with Gasteiger partial charge in [-0.2, -0.15) is 0 Å². The van der Waals surface area contributed by atoms with E-state index in [1.54, 1.807) is 39.0 Å². The first-order valence-corrected chi connectivity index (χ1v) is 9.94. The molecule has 0 aliphatic carbocycles. The molecule has 0 aromatic heterocycles. The normalized spacial score (nSPS) is 12.7. The van der Waals surface area contributed by atoms with E-state index in [0.717, 1.165) is 0 Å². The van der Waals surface area contributed by atoms with E-state index in [9.17, 15) is 14.7 Å². The van der Waals surface area contributed by atoms with E-state index in [1.807, 2.05) is 30.3 Å². The lowest BCUT2D eigenvalue weighted by molar-refractivity contribution is -0.139. The number of nitrogens with one attached hydrogen (secondary N) is 1. The number of hydrogen-bond acceptors (Lipinski definition) is 4. The summed E-state index contributed by atoms with van der Waals surface area (Å²) < 4.78 is 11.2. The van der Waals surface area contributed by atoms with Crippen molar-refractivity contribution in [3.63, 3.8) is 0 Å².